The first-order valence-electron chi connectivity index (χ1n) is 6.37. The minimum Gasteiger partial charge on any atom is -0.317 e. The highest BCUT2D eigenvalue weighted by Crippen LogP contribution is 2.36. The van der Waals surface area contributed by atoms with Crippen molar-refractivity contribution in [3.05, 3.63) is 35.4 Å². The Hall–Kier alpha value is -0.570. The van der Waals surface area contributed by atoms with Crippen molar-refractivity contribution in [1.29, 1.82) is 0 Å². The monoisotopic (exact) mass is 252 g/mol. The topological polar surface area (TPSA) is 15.3 Å². The highest BCUT2D eigenvalue weighted by atomic mass is 35.5. The van der Waals surface area contributed by atoms with Crippen molar-refractivity contribution in [3.8, 4) is 0 Å². The van der Waals surface area contributed by atoms with E-state index in [1.54, 1.807) is 11.1 Å². The predicted octanol–water partition coefficient (Wildman–Crippen LogP) is 2.39. The Morgan fingerprint density at radius 2 is 2.06 bits per heavy atom. The first-order valence-corrected chi connectivity index (χ1v) is 6.37. The average molecular weight is 253 g/mol. The van der Waals surface area contributed by atoms with E-state index in [0.717, 1.165) is 0 Å². The van der Waals surface area contributed by atoms with E-state index >= 15 is 0 Å². The van der Waals surface area contributed by atoms with Crippen molar-refractivity contribution in [1.82, 2.24) is 10.2 Å². The van der Waals surface area contributed by atoms with Crippen LogP contribution in [-0.4, -0.2) is 31.1 Å². The van der Waals surface area contributed by atoms with E-state index in [0.29, 0.717) is 12.1 Å². The molecule has 2 unspecified atom stereocenters. The van der Waals surface area contributed by atoms with Crippen LogP contribution in [0.2, 0.25) is 0 Å². The van der Waals surface area contributed by atoms with Crippen LogP contribution in [0.1, 0.15) is 30.0 Å². The molecule has 0 radical (unpaired) electrons. The zero-order valence-corrected chi connectivity index (χ0v) is 11.2. The Labute approximate surface area is 110 Å². The molecule has 3 rings (SSSR count). The Morgan fingerprint density at radius 3 is 2.88 bits per heavy atom. The van der Waals surface area contributed by atoms with Crippen LogP contribution in [0, 0.1) is 0 Å². The first-order chi connectivity index (χ1) is 7.88. The Morgan fingerprint density at radius 1 is 1.24 bits per heavy atom. The van der Waals surface area contributed by atoms with Crippen molar-refractivity contribution in [2.75, 3.05) is 20.1 Å². The number of benzene rings is 1. The molecule has 2 aliphatic heterocycles. The van der Waals surface area contributed by atoms with E-state index < -0.39 is 0 Å². The molecular formula is C14H21ClN2. The van der Waals surface area contributed by atoms with Gasteiger partial charge in [0.25, 0.3) is 0 Å². The largest absolute Gasteiger partial charge is 0.317 e. The summed E-state index contributed by atoms with van der Waals surface area (Å²) in [7, 11) is 2.09. The SMILES string of the molecule is CNC1CCN2CCc3ccccc3C2C1.Cl. The summed E-state index contributed by atoms with van der Waals surface area (Å²) in [5.74, 6) is 0. The summed E-state index contributed by atoms with van der Waals surface area (Å²) in [5, 5.41) is 3.44. The number of hydrogen-bond donors (Lipinski definition) is 1. The molecule has 2 aliphatic rings. The van der Waals surface area contributed by atoms with Crippen LogP contribution in [0.3, 0.4) is 0 Å². The maximum Gasteiger partial charge on any atom is 0.0365 e. The van der Waals surface area contributed by atoms with E-state index in [-0.39, 0.29) is 12.4 Å². The fourth-order valence-electron chi connectivity index (χ4n) is 3.22. The lowest BCUT2D eigenvalue weighted by atomic mass is 9.85. The lowest BCUT2D eigenvalue weighted by Gasteiger charge is -2.43. The van der Waals surface area contributed by atoms with Gasteiger partial charge in [-0.1, -0.05) is 24.3 Å². The second-order valence-corrected chi connectivity index (χ2v) is 5.01. The Balaban J connectivity index is 0.00000108. The lowest BCUT2D eigenvalue weighted by molar-refractivity contribution is 0.118. The molecule has 1 N–H and O–H groups in total. The van der Waals surface area contributed by atoms with Gasteiger partial charge >= 0.3 is 0 Å². The van der Waals surface area contributed by atoms with Gasteiger partial charge in [0.1, 0.15) is 0 Å². The third-order valence-corrected chi connectivity index (χ3v) is 4.20. The van der Waals surface area contributed by atoms with Crippen molar-refractivity contribution in [2.24, 2.45) is 0 Å². The smallest absolute Gasteiger partial charge is 0.0365 e. The number of halogens is 1. The molecule has 94 valence electrons. The van der Waals surface area contributed by atoms with Crippen LogP contribution < -0.4 is 5.32 Å². The molecule has 1 saturated heterocycles. The highest BCUT2D eigenvalue weighted by molar-refractivity contribution is 5.85. The van der Waals surface area contributed by atoms with Crippen LogP contribution >= 0.6 is 12.4 Å². The molecule has 0 aromatic heterocycles. The average Bonchev–Trinajstić information content (AvgIpc) is 2.38. The number of fused-ring (bicyclic) bond motifs is 3. The van der Waals surface area contributed by atoms with Gasteiger partial charge in [0.05, 0.1) is 0 Å². The Bertz CT molecular complexity index is 380. The molecule has 0 spiro atoms. The van der Waals surface area contributed by atoms with Gasteiger partial charge in [-0.25, -0.2) is 0 Å². The fraction of sp³-hybridized carbons (Fsp3) is 0.571. The molecule has 0 amide bonds. The zero-order chi connectivity index (χ0) is 11.0. The van der Waals surface area contributed by atoms with E-state index in [9.17, 15) is 0 Å². The number of nitrogens with one attached hydrogen (secondary N) is 1. The summed E-state index contributed by atoms with van der Waals surface area (Å²) in [5.41, 5.74) is 3.15. The molecule has 0 saturated carbocycles. The van der Waals surface area contributed by atoms with Gasteiger partial charge in [-0.3, -0.25) is 4.90 Å². The van der Waals surface area contributed by atoms with Gasteiger partial charge in [0.2, 0.25) is 0 Å². The van der Waals surface area contributed by atoms with Crippen LogP contribution in [0.5, 0.6) is 0 Å². The zero-order valence-electron chi connectivity index (χ0n) is 10.4. The number of piperidine rings is 1. The van der Waals surface area contributed by atoms with Gasteiger partial charge in [0.15, 0.2) is 0 Å². The molecule has 1 fully saturated rings. The van der Waals surface area contributed by atoms with Crippen molar-refractivity contribution in [3.63, 3.8) is 0 Å². The van der Waals surface area contributed by atoms with Gasteiger partial charge in [-0.2, -0.15) is 0 Å². The van der Waals surface area contributed by atoms with E-state index in [2.05, 4.69) is 41.5 Å². The van der Waals surface area contributed by atoms with Crippen molar-refractivity contribution >= 4 is 12.4 Å². The molecule has 17 heavy (non-hydrogen) atoms. The maximum atomic E-state index is 3.44. The second kappa shape index (κ2) is 5.38. The Kier molecular flexibility index (Phi) is 4.08. The summed E-state index contributed by atoms with van der Waals surface area (Å²) < 4.78 is 0. The highest BCUT2D eigenvalue weighted by Gasteiger charge is 2.32. The van der Waals surface area contributed by atoms with Gasteiger partial charge in [-0.15, -0.1) is 12.4 Å². The van der Waals surface area contributed by atoms with E-state index in [4.69, 9.17) is 0 Å². The minimum atomic E-state index is 0. The van der Waals surface area contributed by atoms with E-state index in [1.807, 2.05) is 0 Å². The third kappa shape index (κ3) is 2.35. The molecule has 0 bridgehead atoms. The molecule has 2 heterocycles. The summed E-state index contributed by atoms with van der Waals surface area (Å²) in [4.78, 5) is 2.66. The molecule has 0 aliphatic carbocycles. The third-order valence-electron chi connectivity index (χ3n) is 4.20. The van der Waals surface area contributed by atoms with Crippen LogP contribution in [0.4, 0.5) is 0 Å². The molecule has 1 aromatic rings. The van der Waals surface area contributed by atoms with Crippen LogP contribution in [0.15, 0.2) is 24.3 Å². The molecule has 1 aromatic carbocycles. The number of rotatable bonds is 1. The molecular weight excluding hydrogens is 232 g/mol. The maximum absolute atomic E-state index is 3.44. The van der Waals surface area contributed by atoms with Crippen LogP contribution in [-0.2, 0) is 6.42 Å². The van der Waals surface area contributed by atoms with Gasteiger partial charge < -0.3 is 5.32 Å². The molecule has 2 nitrogen and oxygen atoms in total. The summed E-state index contributed by atoms with van der Waals surface area (Å²) in [6.45, 7) is 2.50. The summed E-state index contributed by atoms with van der Waals surface area (Å²) in [6, 6.07) is 10.3. The molecule has 3 heteroatoms. The standard InChI is InChI=1S/C14H20N2.ClH/c1-15-12-7-9-16-8-6-11-4-2-3-5-13(11)14(16)10-12;/h2-5,12,14-15H,6-10H2,1H3;1H. The van der Waals surface area contributed by atoms with Crippen molar-refractivity contribution < 1.29 is 0 Å². The minimum absolute atomic E-state index is 0. The summed E-state index contributed by atoms with van der Waals surface area (Å²) >= 11 is 0. The van der Waals surface area contributed by atoms with E-state index in [1.165, 1.54) is 32.4 Å². The first kappa shape index (κ1) is 12.9. The lowest BCUT2D eigenvalue weighted by Crippen LogP contribution is -2.46. The number of hydrogen-bond acceptors (Lipinski definition) is 2. The van der Waals surface area contributed by atoms with Gasteiger partial charge in [-0.05, 0) is 37.4 Å². The molecule has 2 atom stereocenters. The second-order valence-electron chi connectivity index (χ2n) is 5.01. The predicted molar refractivity (Wildman–Crippen MR) is 73.8 cm³/mol. The normalized spacial score (nSPS) is 27.8. The fourth-order valence-corrected chi connectivity index (χ4v) is 3.22. The van der Waals surface area contributed by atoms with Gasteiger partial charge in [0, 0.05) is 25.2 Å². The quantitative estimate of drug-likeness (QED) is 0.826. The number of nitrogens with zero attached hydrogens (tertiary/aromatic N) is 1. The van der Waals surface area contributed by atoms with Crippen LogP contribution in [0.25, 0.3) is 0 Å². The summed E-state index contributed by atoms with van der Waals surface area (Å²) in [6.07, 6.45) is 3.81. The van der Waals surface area contributed by atoms with Crippen molar-refractivity contribution in [2.45, 2.75) is 31.3 Å².